The SMILES string of the molecule is CCC(=O)N1CCc2cc(S(=O)(=O)NCc3ccc(C)cc3)ccc21. The van der Waals surface area contributed by atoms with Crippen LogP contribution in [-0.2, 0) is 27.8 Å². The zero-order valence-corrected chi connectivity index (χ0v) is 15.3. The number of sulfonamides is 1. The topological polar surface area (TPSA) is 66.5 Å². The predicted molar refractivity (Wildman–Crippen MR) is 98.0 cm³/mol. The first-order valence-electron chi connectivity index (χ1n) is 8.39. The van der Waals surface area contributed by atoms with Crippen LogP contribution in [0.4, 0.5) is 5.69 Å². The van der Waals surface area contributed by atoms with E-state index in [4.69, 9.17) is 0 Å². The first kappa shape index (κ1) is 17.6. The zero-order chi connectivity index (χ0) is 18.0. The normalized spacial score (nSPS) is 13.8. The van der Waals surface area contributed by atoms with E-state index in [1.54, 1.807) is 23.1 Å². The number of hydrogen-bond acceptors (Lipinski definition) is 3. The quantitative estimate of drug-likeness (QED) is 0.894. The number of nitrogens with zero attached hydrogens (tertiary/aromatic N) is 1. The minimum atomic E-state index is -3.59. The monoisotopic (exact) mass is 358 g/mol. The zero-order valence-electron chi connectivity index (χ0n) is 14.5. The first-order valence-corrected chi connectivity index (χ1v) is 9.87. The lowest BCUT2D eigenvalue weighted by molar-refractivity contribution is -0.118. The molecule has 1 heterocycles. The Kier molecular flexibility index (Phi) is 4.92. The maximum absolute atomic E-state index is 12.6. The van der Waals surface area contributed by atoms with Crippen LogP contribution in [-0.4, -0.2) is 20.9 Å². The molecule has 0 radical (unpaired) electrons. The van der Waals surface area contributed by atoms with Gasteiger partial charge in [-0.2, -0.15) is 0 Å². The number of rotatable bonds is 5. The van der Waals surface area contributed by atoms with E-state index in [0.29, 0.717) is 19.4 Å². The van der Waals surface area contributed by atoms with Gasteiger partial charge in [-0.25, -0.2) is 13.1 Å². The van der Waals surface area contributed by atoms with E-state index in [1.165, 1.54) is 0 Å². The minimum Gasteiger partial charge on any atom is -0.312 e. The molecule has 0 spiro atoms. The highest BCUT2D eigenvalue weighted by molar-refractivity contribution is 7.89. The number of nitrogens with one attached hydrogen (secondary N) is 1. The van der Waals surface area contributed by atoms with Crippen molar-refractivity contribution < 1.29 is 13.2 Å². The van der Waals surface area contributed by atoms with Gasteiger partial charge in [-0.1, -0.05) is 36.8 Å². The van der Waals surface area contributed by atoms with E-state index in [-0.39, 0.29) is 17.3 Å². The Bertz CT molecular complexity index is 889. The van der Waals surface area contributed by atoms with Crippen molar-refractivity contribution in [2.24, 2.45) is 0 Å². The van der Waals surface area contributed by atoms with Crippen molar-refractivity contribution in [2.45, 2.75) is 38.1 Å². The summed E-state index contributed by atoms with van der Waals surface area (Å²) >= 11 is 0. The fourth-order valence-electron chi connectivity index (χ4n) is 2.96. The number of carbonyl (C=O) groups excluding carboxylic acids is 1. The van der Waals surface area contributed by atoms with Crippen LogP contribution in [0.15, 0.2) is 47.4 Å². The summed E-state index contributed by atoms with van der Waals surface area (Å²) < 4.78 is 27.7. The van der Waals surface area contributed by atoms with E-state index in [2.05, 4.69) is 4.72 Å². The van der Waals surface area contributed by atoms with Crippen LogP contribution in [0.3, 0.4) is 0 Å². The lowest BCUT2D eigenvalue weighted by Crippen LogP contribution is -2.27. The van der Waals surface area contributed by atoms with Crippen LogP contribution in [0.2, 0.25) is 0 Å². The molecule has 0 aromatic heterocycles. The summed E-state index contributed by atoms with van der Waals surface area (Å²) in [5.41, 5.74) is 3.77. The lowest BCUT2D eigenvalue weighted by Gasteiger charge is -2.16. The molecule has 1 aliphatic rings. The van der Waals surface area contributed by atoms with Gasteiger partial charge in [0.25, 0.3) is 0 Å². The molecule has 5 nitrogen and oxygen atoms in total. The molecule has 0 bridgehead atoms. The number of amides is 1. The van der Waals surface area contributed by atoms with E-state index < -0.39 is 10.0 Å². The van der Waals surface area contributed by atoms with Gasteiger partial charge < -0.3 is 4.90 Å². The summed E-state index contributed by atoms with van der Waals surface area (Å²) in [6, 6.07) is 12.7. The third-order valence-electron chi connectivity index (χ3n) is 4.45. The van der Waals surface area contributed by atoms with Gasteiger partial charge in [0, 0.05) is 25.2 Å². The van der Waals surface area contributed by atoms with E-state index in [1.807, 2.05) is 38.1 Å². The smallest absolute Gasteiger partial charge is 0.240 e. The van der Waals surface area contributed by atoms with Gasteiger partial charge in [0.2, 0.25) is 15.9 Å². The molecule has 2 aromatic carbocycles. The average molecular weight is 358 g/mol. The molecule has 1 amide bonds. The number of hydrogen-bond donors (Lipinski definition) is 1. The van der Waals surface area contributed by atoms with Crippen molar-refractivity contribution in [3.8, 4) is 0 Å². The second kappa shape index (κ2) is 6.98. The highest BCUT2D eigenvalue weighted by atomic mass is 32.2. The average Bonchev–Trinajstić information content (AvgIpc) is 3.04. The molecule has 25 heavy (non-hydrogen) atoms. The molecule has 0 atom stereocenters. The predicted octanol–water partition coefficient (Wildman–Crippen LogP) is 2.77. The van der Waals surface area contributed by atoms with Crippen molar-refractivity contribution in [2.75, 3.05) is 11.4 Å². The van der Waals surface area contributed by atoms with Gasteiger partial charge in [0.1, 0.15) is 0 Å². The summed E-state index contributed by atoms with van der Waals surface area (Å²) in [4.78, 5) is 13.9. The van der Waals surface area contributed by atoms with E-state index >= 15 is 0 Å². The lowest BCUT2D eigenvalue weighted by atomic mass is 10.2. The van der Waals surface area contributed by atoms with E-state index in [9.17, 15) is 13.2 Å². The molecule has 6 heteroatoms. The number of anilines is 1. The maximum atomic E-state index is 12.6. The third-order valence-corrected chi connectivity index (χ3v) is 5.85. The van der Waals surface area contributed by atoms with Gasteiger partial charge >= 0.3 is 0 Å². The third kappa shape index (κ3) is 3.75. The summed E-state index contributed by atoms with van der Waals surface area (Å²) in [7, 11) is -3.59. The van der Waals surface area contributed by atoms with Crippen molar-refractivity contribution in [3.05, 3.63) is 59.2 Å². The first-order chi connectivity index (χ1) is 11.9. The largest absolute Gasteiger partial charge is 0.312 e. The molecule has 0 fully saturated rings. The van der Waals surface area contributed by atoms with Crippen LogP contribution in [0, 0.1) is 6.92 Å². The molecule has 0 unspecified atom stereocenters. The Hall–Kier alpha value is -2.18. The van der Waals surface area contributed by atoms with Crippen LogP contribution >= 0.6 is 0 Å². The highest BCUT2D eigenvalue weighted by Gasteiger charge is 2.25. The minimum absolute atomic E-state index is 0.0619. The van der Waals surface area contributed by atoms with E-state index in [0.717, 1.165) is 22.4 Å². The van der Waals surface area contributed by atoms with Crippen LogP contribution in [0.1, 0.15) is 30.0 Å². The summed E-state index contributed by atoms with van der Waals surface area (Å²) in [6.07, 6.45) is 1.12. The summed E-state index contributed by atoms with van der Waals surface area (Å²) in [5, 5.41) is 0. The van der Waals surface area contributed by atoms with Crippen LogP contribution in [0.25, 0.3) is 0 Å². The molecular weight excluding hydrogens is 336 g/mol. The Morgan fingerprint density at radius 1 is 1.16 bits per heavy atom. The van der Waals surface area contributed by atoms with Crippen molar-refractivity contribution in [3.63, 3.8) is 0 Å². The van der Waals surface area contributed by atoms with Crippen LogP contribution < -0.4 is 9.62 Å². The number of fused-ring (bicyclic) bond motifs is 1. The number of benzene rings is 2. The van der Waals surface area contributed by atoms with Gasteiger partial charge in [0.15, 0.2) is 0 Å². The molecule has 132 valence electrons. The molecule has 3 rings (SSSR count). The molecule has 2 aromatic rings. The Balaban J connectivity index is 1.77. The fourth-order valence-corrected chi connectivity index (χ4v) is 4.03. The van der Waals surface area contributed by atoms with Gasteiger partial charge in [0.05, 0.1) is 4.90 Å². The Labute approximate surface area is 148 Å². The second-order valence-electron chi connectivity index (χ2n) is 6.25. The molecule has 0 saturated carbocycles. The molecule has 0 saturated heterocycles. The summed E-state index contributed by atoms with van der Waals surface area (Å²) in [6.45, 7) is 4.68. The highest BCUT2D eigenvalue weighted by Crippen LogP contribution is 2.30. The van der Waals surface area contributed by atoms with Crippen LogP contribution in [0.5, 0.6) is 0 Å². The molecule has 0 aliphatic carbocycles. The molecule has 1 N–H and O–H groups in total. The molecule has 1 aliphatic heterocycles. The van der Waals surface area contributed by atoms with Crippen molar-refractivity contribution in [1.29, 1.82) is 0 Å². The van der Waals surface area contributed by atoms with Gasteiger partial charge in [-0.05, 0) is 42.7 Å². The van der Waals surface area contributed by atoms with Crippen molar-refractivity contribution in [1.82, 2.24) is 4.72 Å². The van der Waals surface area contributed by atoms with Crippen molar-refractivity contribution >= 4 is 21.6 Å². The van der Waals surface area contributed by atoms with Gasteiger partial charge in [-0.15, -0.1) is 0 Å². The number of aryl methyl sites for hydroxylation is 1. The maximum Gasteiger partial charge on any atom is 0.240 e. The number of carbonyl (C=O) groups is 1. The fraction of sp³-hybridized carbons (Fsp3) is 0.316. The second-order valence-corrected chi connectivity index (χ2v) is 8.02. The molecular formula is C19H22N2O3S. The van der Waals surface area contributed by atoms with Gasteiger partial charge in [-0.3, -0.25) is 4.79 Å². The Morgan fingerprint density at radius 2 is 1.88 bits per heavy atom. The standard InChI is InChI=1S/C19H22N2O3S/c1-3-19(22)21-11-10-16-12-17(8-9-18(16)21)25(23,24)20-13-15-6-4-14(2)5-7-15/h4-9,12,20H,3,10-11,13H2,1-2H3. The summed E-state index contributed by atoms with van der Waals surface area (Å²) in [5.74, 6) is 0.0619. The Morgan fingerprint density at radius 3 is 2.56 bits per heavy atom.